The van der Waals surface area contributed by atoms with Crippen LogP contribution in [-0.2, 0) is 9.53 Å². The van der Waals surface area contributed by atoms with Gasteiger partial charge in [0, 0.05) is 32.4 Å². The topological polar surface area (TPSA) is 80.6 Å². The van der Waals surface area contributed by atoms with Crippen molar-refractivity contribution >= 4 is 23.0 Å². The van der Waals surface area contributed by atoms with E-state index in [4.69, 9.17) is 4.74 Å². The zero-order valence-corrected chi connectivity index (χ0v) is 15.3. The minimum absolute atomic E-state index is 0.0482. The molecule has 2 bridgehead atoms. The molecule has 0 saturated carbocycles. The van der Waals surface area contributed by atoms with Gasteiger partial charge in [0.25, 0.3) is 5.91 Å². The highest BCUT2D eigenvalue weighted by Crippen LogP contribution is 2.22. The minimum Gasteiger partial charge on any atom is -0.378 e. The summed E-state index contributed by atoms with van der Waals surface area (Å²) in [4.78, 5) is 37.8. The molecule has 2 amide bonds. The smallest absolute Gasteiger partial charge is 0.255 e. The number of imidazole rings is 1. The second-order valence-electron chi connectivity index (χ2n) is 7.36. The molecular formula is C18H23N5O3. The van der Waals surface area contributed by atoms with Crippen LogP contribution in [0.15, 0.2) is 18.6 Å². The fourth-order valence-corrected chi connectivity index (χ4v) is 3.66. The van der Waals surface area contributed by atoms with Crippen LogP contribution in [0.1, 0.15) is 30.2 Å². The molecule has 2 fully saturated rings. The van der Waals surface area contributed by atoms with Gasteiger partial charge >= 0.3 is 0 Å². The number of carbonyl (C=O) groups excluding carboxylic acids is 2. The maximum absolute atomic E-state index is 13.1. The third-order valence-electron chi connectivity index (χ3n) is 5.25. The van der Waals surface area contributed by atoms with Crippen LogP contribution < -0.4 is 0 Å². The molecule has 0 aliphatic carbocycles. The van der Waals surface area contributed by atoms with Crippen LogP contribution in [0.2, 0.25) is 0 Å². The van der Waals surface area contributed by atoms with Crippen LogP contribution in [0.25, 0.3) is 11.2 Å². The number of carbonyl (C=O) groups is 2. The van der Waals surface area contributed by atoms with E-state index in [1.807, 2.05) is 4.57 Å². The average molecular weight is 357 g/mol. The van der Waals surface area contributed by atoms with Crippen molar-refractivity contribution in [1.82, 2.24) is 24.3 Å². The first-order valence-corrected chi connectivity index (χ1v) is 8.92. The monoisotopic (exact) mass is 357 g/mol. The Balaban J connectivity index is 1.63. The van der Waals surface area contributed by atoms with Crippen molar-refractivity contribution in [1.29, 1.82) is 0 Å². The summed E-state index contributed by atoms with van der Waals surface area (Å²) in [6.07, 6.45) is 3.35. The Morgan fingerprint density at radius 1 is 1.27 bits per heavy atom. The van der Waals surface area contributed by atoms with E-state index in [0.29, 0.717) is 37.4 Å². The maximum Gasteiger partial charge on any atom is 0.255 e. The van der Waals surface area contributed by atoms with Crippen molar-refractivity contribution in [2.45, 2.75) is 25.9 Å². The van der Waals surface area contributed by atoms with Crippen LogP contribution in [0.5, 0.6) is 0 Å². The molecule has 8 heteroatoms. The Bertz CT molecular complexity index is 862. The molecule has 0 unspecified atom stereocenters. The molecule has 2 atom stereocenters. The summed E-state index contributed by atoms with van der Waals surface area (Å²) in [5.74, 6) is -0.376. The molecule has 8 nitrogen and oxygen atoms in total. The number of ether oxygens (including phenoxy) is 1. The number of aromatic nitrogens is 3. The van der Waals surface area contributed by atoms with E-state index in [0.717, 1.165) is 5.65 Å². The largest absolute Gasteiger partial charge is 0.378 e. The van der Waals surface area contributed by atoms with E-state index in [-0.39, 0.29) is 29.8 Å². The first kappa shape index (κ1) is 17.0. The summed E-state index contributed by atoms with van der Waals surface area (Å²) in [7, 11) is 1.79. The zero-order valence-electron chi connectivity index (χ0n) is 15.3. The number of hydrogen-bond donors (Lipinski definition) is 0. The van der Waals surface area contributed by atoms with Crippen LogP contribution in [-0.4, -0.2) is 75.5 Å². The number of rotatable bonds is 2. The lowest BCUT2D eigenvalue weighted by Gasteiger charge is -2.29. The Labute approximate surface area is 151 Å². The fraction of sp³-hybridized carbons (Fsp3) is 0.556. The van der Waals surface area contributed by atoms with Crippen molar-refractivity contribution in [2.24, 2.45) is 5.92 Å². The lowest BCUT2D eigenvalue weighted by Crippen LogP contribution is -2.45. The Morgan fingerprint density at radius 3 is 2.85 bits per heavy atom. The van der Waals surface area contributed by atoms with Gasteiger partial charge in [-0.3, -0.25) is 9.59 Å². The van der Waals surface area contributed by atoms with E-state index >= 15 is 0 Å². The summed E-state index contributed by atoms with van der Waals surface area (Å²) < 4.78 is 7.57. The van der Waals surface area contributed by atoms with Gasteiger partial charge in [-0.05, 0) is 19.9 Å². The van der Waals surface area contributed by atoms with Gasteiger partial charge in [-0.1, -0.05) is 0 Å². The van der Waals surface area contributed by atoms with Gasteiger partial charge in [0.1, 0.15) is 5.52 Å². The molecule has 2 aliphatic rings. The quantitative estimate of drug-likeness (QED) is 0.799. The van der Waals surface area contributed by atoms with Gasteiger partial charge in [-0.25, -0.2) is 9.97 Å². The average Bonchev–Trinajstić information content (AvgIpc) is 2.93. The first-order chi connectivity index (χ1) is 12.5. The molecule has 138 valence electrons. The standard InChI is InChI=1S/C18H23N5O3/c1-11(2)23-10-20-15-4-12(5-19-16(15)23)18(25)22-6-13-8-26-9-14(7-22)21(3)17(13)24/h4-5,10-11,13-14H,6-9H2,1-3H3/t13-,14+/m1/s1. The van der Waals surface area contributed by atoms with Crippen LogP contribution in [0.4, 0.5) is 0 Å². The molecule has 2 aromatic heterocycles. The van der Waals surface area contributed by atoms with Gasteiger partial charge in [0.2, 0.25) is 5.91 Å². The molecule has 4 rings (SSSR count). The molecule has 2 aromatic rings. The predicted molar refractivity (Wildman–Crippen MR) is 94.7 cm³/mol. The van der Waals surface area contributed by atoms with Crippen LogP contribution in [0.3, 0.4) is 0 Å². The van der Waals surface area contributed by atoms with Crippen molar-refractivity contribution in [2.75, 3.05) is 33.4 Å². The van der Waals surface area contributed by atoms with Gasteiger partial charge in [0.15, 0.2) is 5.65 Å². The Kier molecular flexibility index (Phi) is 4.14. The summed E-state index contributed by atoms with van der Waals surface area (Å²) in [6, 6.07) is 1.92. The molecular weight excluding hydrogens is 334 g/mol. The minimum atomic E-state index is -0.312. The molecule has 2 aliphatic heterocycles. The summed E-state index contributed by atoms with van der Waals surface area (Å²) in [5, 5.41) is 0. The number of amides is 2. The highest BCUT2D eigenvalue weighted by molar-refractivity contribution is 5.97. The van der Waals surface area contributed by atoms with Crippen molar-refractivity contribution in [3.63, 3.8) is 0 Å². The maximum atomic E-state index is 13.1. The Hall–Kier alpha value is -2.48. The number of likely N-dealkylation sites (N-methyl/N-ethyl adjacent to an activating group) is 1. The van der Waals surface area contributed by atoms with Crippen LogP contribution in [0, 0.1) is 5.92 Å². The molecule has 0 spiro atoms. The van der Waals surface area contributed by atoms with Gasteiger partial charge < -0.3 is 19.1 Å². The normalized spacial score (nSPS) is 23.6. The third kappa shape index (κ3) is 2.74. The SMILES string of the molecule is CC(C)n1cnc2cc(C(=O)N3C[C@@H]4COC[C@H](C3)N(C)C4=O)cnc21. The lowest BCUT2D eigenvalue weighted by atomic mass is 10.1. The number of fused-ring (bicyclic) bond motifs is 4. The molecule has 26 heavy (non-hydrogen) atoms. The van der Waals surface area contributed by atoms with Gasteiger partial charge in [-0.15, -0.1) is 0 Å². The van der Waals surface area contributed by atoms with E-state index in [2.05, 4.69) is 23.8 Å². The lowest BCUT2D eigenvalue weighted by molar-refractivity contribution is -0.133. The van der Waals surface area contributed by atoms with E-state index in [9.17, 15) is 9.59 Å². The second-order valence-corrected chi connectivity index (χ2v) is 7.36. The number of pyridine rings is 1. The van der Waals surface area contributed by atoms with Gasteiger partial charge in [-0.2, -0.15) is 0 Å². The molecule has 0 radical (unpaired) electrons. The predicted octanol–water partition coefficient (Wildman–Crippen LogP) is 0.941. The fourth-order valence-electron chi connectivity index (χ4n) is 3.66. The van der Waals surface area contributed by atoms with E-state index in [1.54, 1.807) is 35.4 Å². The summed E-state index contributed by atoms with van der Waals surface area (Å²) in [6.45, 7) is 5.78. The van der Waals surface area contributed by atoms with Crippen molar-refractivity contribution in [3.05, 3.63) is 24.2 Å². The molecule has 0 N–H and O–H groups in total. The van der Waals surface area contributed by atoms with E-state index in [1.165, 1.54) is 0 Å². The van der Waals surface area contributed by atoms with Gasteiger partial charge in [0.05, 0.1) is 37.1 Å². The van der Waals surface area contributed by atoms with Crippen molar-refractivity contribution < 1.29 is 14.3 Å². The molecule has 2 saturated heterocycles. The first-order valence-electron chi connectivity index (χ1n) is 8.92. The summed E-state index contributed by atoms with van der Waals surface area (Å²) in [5.41, 5.74) is 1.98. The zero-order chi connectivity index (χ0) is 18.4. The highest BCUT2D eigenvalue weighted by atomic mass is 16.5. The van der Waals surface area contributed by atoms with Crippen molar-refractivity contribution in [3.8, 4) is 0 Å². The molecule has 4 heterocycles. The number of nitrogens with zero attached hydrogens (tertiary/aromatic N) is 5. The van der Waals surface area contributed by atoms with Crippen LogP contribution >= 0.6 is 0 Å². The second kappa shape index (κ2) is 6.35. The number of hydrogen-bond acceptors (Lipinski definition) is 5. The molecule has 0 aromatic carbocycles. The Morgan fingerprint density at radius 2 is 2.08 bits per heavy atom. The highest BCUT2D eigenvalue weighted by Gasteiger charge is 2.39. The van der Waals surface area contributed by atoms with E-state index < -0.39 is 0 Å². The third-order valence-corrected chi connectivity index (χ3v) is 5.25. The summed E-state index contributed by atoms with van der Waals surface area (Å²) >= 11 is 0.